The zero-order valence-electron chi connectivity index (χ0n) is 9.50. The van der Waals surface area contributed by atoms with Crippen molar-refractivity contribution in [1.29, 1.82) is 0 Å². The molecule has 5 heteroatoms. The van der Waals surface area contributed by atoms with E-state index in [1.165, 1.54) is 7.11 Å². The molecule has 1 rings (SSSR count). The van der Waals surface area contributed by atoms with E-state index in [-0.39, 0.29) is 24.8 Å². The van der Waals surface area contributed by atoms with Gasteiger partial charge < -0.3 is 10.1 Å². The molecule has 0 unspecified atom stereocenters. The van der Waals surface area contributed by atoms with E-state index in [9.17, 15) is 9.59 Å². The van der Waals surface area contributed by atoms with Crippen LogP contribution in [0.15, 0.2) is 0 Å². The number of nitrogens with zero attached hydrogens (tertiary/aromatic N) is 1. The van der Waals surface area contributed by atoms with Crippen LogP contribution in [0.4, 0.5) is 0 Å². The Morgan fingerprint density at radius 3 is 2.87 bits per heavy atom. The fraction of sp³-hybridized carbons (Fsp3) is 0.800. The zero-order valence-corrected chi connectivity index (χ0v) is 9.50. The molecule has 15 heavy (non-hydrogen) atoms. The zero-order chi connectivity index (χ0) is 11.5. The summed E-state index contributed by atoms with van der Waals surface area (Å²) < 4.78 is 4.76. The van der Waals surface area contributed by atoms with Gasteiger partial charge in [0.1, 0.15) is 6.61 Å². The van der Waals surface area contributed by atoms with Crippen LogP contribution in [-0.2, 0) is 14.3 Å². The molecule has 86 valence electrons. The smallest absolute Gasteiger partial charge is 0.240 e. The summed E-state index contributed by atoms with van der Waals surface area (Å²) >= 11 is 0. The minimum Gasteiger partial charge on any atom is -0.377 e. The van der Waals surface area contributed by atoms with E-state index in [1.54, 1.807) is 0 Å². The molecule has 5 nitrogen and oxygen atoms in total. The molecule has 1 amide bonds. The quantitative estimate of drug-likeness (QED) is 0.679. The molecule has 0 atom stereocenters. The molecule has 1 heterocycles. The second-order valence-electron chi connectivity index (χ2n) is 4.21. The third kappa shape index (κ3) is 2.76. The summed E-state index contributed by atoms with van der Waals surface area (Å²) in [5.74, 6) is -0.0285. The van der Waals surface area contributed by atoms with Gasteiger partial charge in [0, 0.05) is 20.2 Å². The monoisotopic (exact) mass is 214 g/mol. The topological polar surface area (TPSA) is 58.6 Å². The number of nitrogens with one attached hydrogen (secondary N) is 1. The third-order valence-corrected chi connectivity index (χ3v) is 2.69. The Morgan fingerprint density at radius 1 is 1.60 bits per heavy atom. The maximum Gasteiger partial charge on any atom is 0.240 e. The van der Waals surface area contributed by atoms with Gasteiger partial charge >= 0.3 is 0 Å². The number of piperazine rings is 1. The first-order chi connectivity index (χ1) is 6.98. The minimum absolute atomic E-state index is 0.000255. The average molecular weight is 214 g/mol. The fourth-order valence-corrected chi connectivity index (χ4v) is 1.64. The summed E-state index contributed by atoms with van der Waals surface area (Å²) in [7, 11) is 1.49. The number of carbonyl (C=O) groups excluding carboxylic acids is 2. The van der Waals surface area contributed by atoms with Crippen molar-refractivity contribution in [2.75, 3.05) is 33.4 Å². The lowest BCUT2D eigenvalue weighted by Gasteiger charge is -2.40. The molecule has 1 fully saturated rings. The number of carbonyl (C=O) groups is 2. The number of ether oxygens (including phenoxy) is 1. The van der Waals surface area contributed by atoms with Gasteiger partial charge in [0.15, 0.2) is 5.78 Å². The first-order valence-corrected chi connectivity index (χ1v) is 5.02. The lowest BCUT2D eigenvalue weighted by atomic mass is 9.98. The number of Topliss-reactive ketones (excluding diaryl/α,β-unsaturated/α-hetero) is 1. The first kappa shape index (κ1) is 12.1. The van der Waals surface area contributed by atoms with E-state index in [0.717, 1.165) is 0 Å². The predicted octanol–water partition coefficient (Wildman–Crippen LogP) is -0.588. The van der Waals surface area contributed by atoms with Crippen molar-refractivity contribution in [3.05, 3.63) is 0 Å². The summed E-state index contributed by atoms with van der Waals surface area (Å²) in [4.78, 5) is 24.9. The summed E-state index contributed by atoms with van der Waals surface area (Å²) in [6.45, 7) is 5.32. The predicted molar refractivity (Wildman–Crippen MR) is 55.5 cm³/mol. The van der Waals surface area contributed by atoms with Gasteiger partial charge in [-0.15, -0.1) is 0 Å². The second-order valence-corrected chi connectivity index (χ2v) is 4.21. The number of methoxy groups -OCH3 is 1. The van der Waals surface area contributed by atoms with Gasteiger partial charge in [-0.1, -0.05) is 0 Å². The van der Waals surface area contributed by atoms with Crippen molar-refractivity contribution in [3.8, 4) is 0 Å². The number of rotatable bonds is 4. The van der Waals surface area contributed by atoms with Crippen LogP contribution in [0.2, 0.25) is 0 Å². The van der Waals surface area contributed by atoms with Crippen LogP contribution in [-0.4, -0.2) is 55.5 Å². The maximum absolute atomic E-state index is 11.6. The number of hydrogen-bond donors (Lipinski definition) is 1. The maximum atomic E-state index is 11.6. The highest BCUT2D eigenvalue weighted by molar-refractivity contribution is 5.88. The SMILES string of the molecule is COCC(=O)CN1CCNC(=O)C1(C)C. The van der Waals surface area contributed by atoms with Crippen LogP contribution in [0.5, 0.6) is 0 Å². The van der Waals surface area contributed by atoms with E-state index >= 15 is 0 Å². The second kappa shape index (κ2) is 4.72. The fourth-order valence-electron chi connectivity index (χ4n) is 1.64. The van der Waals surface area contributed by atoms with Crippen molar-refractivity contribution in [1.82, 2.24) is 10.2 Å². The van der Waals surface area contributed by atoms with E-state index in [4.69, 9.17) is 4.74 Å². The van der Waals surface area contributed by atoms with Gasteiger partial charge in [-0.3, -0.25) is 14.5 Å². The summed E-state index contributed by atoms with van der Waals surface area (Å²) in [6, 6.07) is 0. The number of ketones is 1. The van der Waals surface area contributed by atoms with Gasteiger partial charge in [0.2, 0.25) is 5.91 Å². The Hall–Kier alpha value is -0.940. The lowest BCUT2D eigenvalue weighted by molar-refractivity contribution is -0.137. The van der Waals surface area contributed by atoms with E-state index in [0.29, 0.717) is 13.1 Å². The number of hydrogen-bond acceptors (Lipinski definition) is 4. The van der Waals surface area contributed by atoms with E-state index < -0.39 is 5.54 Å². The molecule has 1 aliphatic heterocycles. The highest BCUT2D eigenvalue weighted by atomic mass is 16.5. The molecule has 1 saturated heterocycles. The number of amides is 1. The van der Waals surface area contributed by atoms with Crippen molar-refractivity contribution >= 4 is 11.7 Å². The van der Waals surface area contributed by atoms with Crippen LogP contribution in [0, 0.1) is 0 Å². The van der Waals surface area contributed by atoms with Crippen molar-refractivity contribution in [2.45, 2.75) is 19.4 Å². The van der Waals surface area contributed by atoms with Crippen molar-refractivity contribution < 1.29 is 14.3 Å². The molecule has 1 aliphatic rings. The Kier molecular flexibility index (Phi) is 3.82. The van der Waals surface area contributed by atoms with Gasteiger partial charge in [-0.05, 0) is 13.8 Å². The normalized spacial score (nSPS) is 21.1. The summed E-state index contributed by atoms with van der Waals surface area (Å²) in [5, 5.41) is 2.78. The lowest BCUT2D eigenvalue weighted by Crippen LogP contribution is -2.62. The highest BCUT2D eigenvalue weighted by Gasteiger charge is 2.38. The molecule has 0 aliphatic carbocycles. The largest absolute Gasteiger partial charge is 0.377 e. The molecule has 0 saturated carbocycles. The van der Waals surface area contributed by atoms with Crippen molar-refractivity contribution in [3.63, 3.8) is 0 Å². The molecular weight excluding hydrogens is 196 g/mol. The van der Waals surface area contributed by atoms with E-state index in [2.05, 4.69) is 5.32 Å². The average Bonchev–Trinajstić information content (AvgIpc) is 2.14. The van der Waals surface area contributed by atoms with E-state index in [1.807, 2.05) is 18.7 Å². The molecule has 0 aromatic rings. The van der Waals surface area contributed by atoms with Gasteiger partial charge in [-0.2, -0.15) is 0 Å². The minimum atomic E-state index is -0.609. The highest BCUT2D eigenvalue weighted by Crippen LogP contribution is 2.16. The van der Waals surface area contributed by atoms with Gasteiger partial charge in [0.05, 0.1) is 12.1 Å². The van der Waals surface area contributed by atoms with Crippen LogP contribution in [0.25, 0.3) is 0 Å². The molecule has 0 aromatic heterocycles. The summed E-state index contributed by atoms with van der Waals surface area (Å²) in [6.07, 6.45) is 0. The van der Waals surface area contributed by atoms with Crippen LogP contribution >= 0.6 is 0 Å². The Bertz CT molecular complexity index is 263. The molecule has 1 N–H and O–H groups in total. The first-order valence-electron chi connectivity index (χ1n) is 5.02. The van der Waals surface area contributed by atoms with Crippen molar-refractivity contribution in [2.24, 2.45) is 0 Å². The van der Waals surface area contributed by atoms with Gasteiger partial charge in [0.25, 0.3) is 0 Å². The Labute approximate surface area is 89.8 Å². The van der Waals surface area contributed by atoms with Gasteiger partial charge in [-0.25, -0.2) is 0 Å². The molecule has 0 radical (unpaired) electrons. The van der Waals surface area contributed by atoms with Crippen LogP contribution in [0.3, 0.4) is 0 Å². The Balaban J connectivity index is 2.60. The third-order valence-electron chi connectivity index (χ3n) is 2.69. The molecule has 0 aromatic carbocycles. The Morgan fingerprint density at radius 2 is 2.27 bits per heavy atom. The molecule has 0 spiro atoms. The van der Waals surface area contributed by atoms with Crippen LogP contribution < -0.4 is 5.32 Å². The standard InChI is InChI=1S/C10H18N2O3/c1-10(2)9(14)11-4-5-12(10)6-8(13)7-15-3/h4-7H2,1-3H3,(H,11,14). The molecule has 0 bridgehead atoms. The molecular formula is C10H18N2O3. The summed E-state index contributed by atoms with van der Waals surface area (Å²) in [5.41, 5.74) is -0.609. The van der Waals surface area contributed by atoms with Crippen LogP contribution in [0.1, 0.15) is 13.8 Å².